The highest BCUT2D eigenvalue weighted by Gasteiger charge is 2.39. The van der Waals surface area contributed by atoms with Gasteiger partial charge in [0.2, 0.25) is 0 Å². The van der Waals surface area contributed by atoms with E-state index in [-0.39, 0.29) is 0 Å². The molecule has 20 heavy (non-hydrogen) atoms. The normalized spacial score (nSPS) is 31.6. The standard InChI is InChI=1S/C16H27N3S/c1-4-7-17-11(2)15-10-20-16(18-15)12-8-13-5-6-14(9-12)19(13)3/h10-14,17H,4-9H2,1-3H3. The van der Waals surface area contributed by atoms with Crippen molar-refractivity contribution in [3.05, 3.63) is 16.1 Å². The predicted molar refractivity (Wildman–Crippen MR) is 85.4 cm³/mol. The molecule has 1 aromatic rings. The van der Waals surface area contributed by atoms with E-state index in [1.807, 2.05) is 11.3 Å². The van der Waals surface area contributed by atoms with Crippen LogP contribution in [0.25, 0.3) is 0 Å². The molecule has 3 rings (SSSR count). The van der Waals surface area contributed by atoms with Gasteiger partial charge < -0.3 is 10.2 Å². The minimum atomic E-state index is 0.392. The van der Waals surface area contributed by atoms with Crippen LogP contribution in [0.4, 0.5) is 0 Å². The molecule has 0 aromatic carbocycles. The first-order valence-electron chi connectivity index (χ1n) is 8.09. The summed E-state index contributed by atoms with van der Waals surface area (Å²) in [4.78, 5) is 7.55. The van der Waals surface area contributed by atoms with Crippen molar-refractivity contribution in [1.29, 1.82) is 0 Å². The Balaban J connectivity index is 1.65. The Morgan fingerprint density at radius 3 is 2.75 bits per heavy atom. The van der Waals surface area contributed by atoms with E-state index in [0.717, 1.165) is 18.6 Å². The van der Waals surface area contributed by atoms with Crippen LogP contribution >= 0.6 is 11.3 Å². The summed E-state index contributed by atoms with van der Waals surface area (Å²) < 4.78 is 0. The van der Waals surface area contributed by atoms with Crippen LogP contribution in [0.3, 0.4) is 0 Å². The first-order valence-corrected chi connectivity index (χ1v) is 8.97. The van der Waals surface area contributed by atoms with E-state index in [1.165, 1.54) is 42.8 Å². The molecule has 1 N–H and O–H groups in total. The zero-order valence-corrected chi connectivity index (χ0v) is 13.7. The van der Waals surface area contributed by atoms with Crippen molar-refractivity contribution in [1.82, 2.24) is 15.2 Å². The average molecular weight is 293 g/mol. The minimum Gasteiger partial charge on any atom is -0.309 e. The zero-order chi connectivity index (χ0) is 14.1. The predicted octanol–water partition coefficient (Wildman–Crippen LogP) is 3.54. The summed E-state index contributed by atoms with van der Waals surface area (Å²) in [6.07, 6.45) is 6.60. The molecule has 2 bridgehead atoms. The quantitative estimate of drug-likeness (QED) is 0.900. The SMILES string of the molecule is CCCNC(C)c1csc(C2CC3CCC(C2)N3C)n1. The van der Waals surface area contributed by atoms with Crippen molar-refractivity contribution >= 4 is 11.3 Å². The molecule has 0 radical (unpaired) electrons. The van der Waals surface area contributed by atoms with Gasteiger partial charge in [-0.15, -0.1) is 11.3 Å². The number of aromatic nitrogens is 1. The smallest absolute Gasteiger partial charge is 0.0961 e. The molecule has 0 saturated carbocycles. The summed E-state index contributed by atoms with van der Waals surface area (Å²) >= 11 is 1.88. The lowest BCUT2D eigenvalue weighted by Gasteiger charge is -2.35. The number of hydrogen-bond acceptors (Lipinski definition) is 4. The van der Waals surface area contributed by atoms with E-state index in [9.17, 15) is 0 Å². The third-order valence-electron chi connectivity index (χ3n) is 5.13. The Kier molecular flexibility index (Phi) is 4.43. The van der Waals surface area contributed by atoms with E-state index < -0.39 is 0 Å². The largest absolute Gasteiger partial charge is 0.309 e. The van der Waals surface area contributed by atoms with Crippen molar-refractivity contribution in [2.24, 2.45) is 0 Å². The molecule has 3 atom stereocenters. The van der Waals surface area contributed by atoms with Crippen molar-refractivity contribution in [2.75, 3.05) is 13.6 Å². The maximum Gasteiger partial charge on any atom is 0.0961 e. The summed E-state index contributed by atoms with van der Waals surface area (Å²) in [7, 11) is 2.31. The number of nitrogens with zero attached hydrogens (tertiary/aromatic N) is 2. The average Bonchev–Trinajstić information content (AvgIpc) is 2.99. The second-order valence-corrected chi connectivity index (χ2v) is 7.39. The van der Waals surface area contributed by atoms with Gasteiger partial charge >= 0.3 is 0 Å². The summed E-state index contributed by atoms with van der Waals surface area (Å²) in [6.45, 7) is 5.51. The lowest BCUT2D eigenvalue weighted by Crippen LogP contribution is -2.39. The second kappa shape index (κ2) is 6.12. The molecule has 0 aliphatic carbocycles. The Morgan fingerprint density at radius 2 is 2.10 bits per heavy atom. The highest BCUT2D eigenvalue weighted by molar-refractivity contribution is 7.09. The lowest BCUT2D eigenvalue weighted by molar-refractivity contribution is 0.161. The van der Waals surface area contributed by atoms with Gasteiger partial charge in [0.1, 0.15) is 0 Å². The monoisotopic (exact) mass is 293 g/mol. The molecule has 2 saturated heterocycles. The zero-order valence-electron chi connectivity index (χ0n) is 12.9. The topological polar surface area (TPSA) is 28.2 Å². The van der Waals surface area contributed by atoms with Crippen LogP contribution in [0, 0.1) is 0 Å². The lowest BCUT2D eigenvalue weighted by atomic mass is 9.92. The molecule has 112 valence electrons. The molecule has 4 heteroatoms. The fourth-order valence-corrected chi connectivity index (χ4v) is 4.81. The van der Waals surface area contributed by atoms with Gasteiger partial charge in [0.05, 0.1) is 10.7 Å². The number of hydrogen-bond donors (Lipinski definition) is 1. The first-order chi connectivity index (χ1) is 9.69. The Hall–Kier alpha value is -0.450. The van der Waals surface area contributed by atoms with Crippen molar-refractivity contribution in [3.8, 4) is 0 Å². The number of fused-ring (bicyclic) bond motifs is 2. The van der Waals surface area contributed by atoms with Gasteiger partial charge in [0.25, 0.3) is 0 Å². The first kappa shape index (κ1) is 14.5. The van der Waals surface area contributed by atoms with Crippen LogP contribution in [0.1, 0.15) is 68.6 Å². The molecule has 1 aromatic heterocycles. The summed E-state index contributed by atoms with van der Waals surface area (Å²) in [6, 6.07) is 2.01. The van der Waals surface area contributed by atoms with E-state index in [1.54, 1.807) is 0 Å². The van der Waals surface area contributed by atoms with Crippen LogP contribution in [-0.2, 0) is 0 Å². The van der Waals surface area contributed by atoms with Crippen LogP contribution < -0.4 is 5.32 Å². The summed E-state index contributed by atoms with van der Waals surface area (Å²) in [5.41, 5.74) is 1.24. The van der Waals surface area contributed by atoms with Gasteiger partial charge in [-0.05, 0) is 52.6 Å². The van der Waals surface area contributed by atoms with Crippen LogP contribution in [0.15, 0.2) is 5.38 Å². The fraction of sp³-hybridized carbons (Fsp3) is 0.812. The molecule has 0 spiro atoms. The van der Waals surface area contributed by atoms with E-state index in [0.29, 0.717) is 12.0 Å². The van der Waals surface area contributed by atoms with Gasteiger partial charge in [-0.1, -0.05) is 6.92 Å². The highest BCUT2D eigenvalue weighted by Crippen LogP contribution is 2.43. The number of piperidine rings is 1. The number of rotatable bonds is 5. The third kappa shape index (κ3) is 2.78. The van der Waals surface area contributed by atoms with Gasteiger partial charge in [-0.25, -0.2) is 4.98 Å². The molecule has 3 nitrogen and oxygen atoms in total. The maximum absolute atomic E-state index is 4.95. The maximum atomic E-state index is 4.95. The van der Waals surface area contributed by atoms with Crippen LogP contribution in [-0.4, -0.2) is 35.6 Å². The molecule has 3 heterocycles. The highest BCUT2D eigenvalue weighted by atomic mass is 32.1. The molecule has 2 aliphatic rings. The van der Waals surface area contributed by atoms with Gasteiger partial charge in [0, 0.05) is 29.4 Å². The van der Waals surface area contributed by atoms with Crippen molar-refractivity contribution in [2.45, 2.75) is 70.0 Å². The molecule has 2 aliphatic heterocycles. The Morgan fingerprint density at radius 1 is 1.40 bits per heavy atom. The summed E-state index contributed by atoms with van der Waals surface area (Å²) in [5, 5.41) is 7.19. The van der Waals surface area contributed by atoms with E-state index >= 15 is 0 Å². The van der Waals surface area contributed by atoms with Crippen LogP contribution in [0.2, 0.25) is 0 Å². The van der Waals surface area contributed by atoms with Gasteiger partial charge in [-0.2, -0.15) is 0 Å². The Labute approximate surface area is 126 Å². The number of thiazole rings is 1. The van der Waals surface area contributed by atoms with E-state index in [4.69, 9.17) is 4.98 Å². The van der Waals surface area contributed by atoms with Gasteiger partial charge in [-0.3, -0.25) is 0 Å². The fourth-order valence-electron chi connectivity index (χ4n) is 3.77. The third-order valence-corrected chi connectivity index (χ3v) is 6.16. The Bertz CT molecular complexity index is 431. The molecule has 0 amide bonds. The van der Waals surface area contributed by atoms with Crippen molar-refractivity contribution in [3.63, 3.8) is 0 Å². The van der Waals surface area contributed by atoms with E-state index in [2.05, 4.69) is 36.5 Å². The molecule has 3 unspecified atom stereocenters. The minimum absolute atomic E-state index is 0.392. The molecule has 2 fully saturated rings. The second-order valence-electron chi connectivity index (χ2n) is 6.51. The molecular weight excluding hydrogens is 266 g/mol. The molecular formula is C16H27N3S. The van der Waals surface area contributed by atoms with Crippen molar-refractivity contribution < 1.29 is 0 Å². The van der Waals surface area contributed by atoms with Crippen LogP contribution in [0.5, 0.6) is 0 Å². The summed E-state index contributed by atoms with van der Waals surface area (Å²) in [5.74, 6) is 0.709. The van der Waals surface area contributed by atoms with Gasteiger partial charge in [0.15, 0.2) is 0 Å². The number of nitrogens with one attached hydrogen (secondary N) is 1.